The van der Waals surface area contributed by atoms with Crippen LogP contribution in [-0.2, 0) is 4.74 Å². The van der Waals surface area contributed by atoms with Crippen molar-refractivity contribution in [2.75, 3.05) is 13.2 Å². The summed E-state index contributed by atoms with van der Waals surface area (Å²) in [7, 11) is 0. The summed E-state index contributed by atoms with van der Waals surface area (Å²) < 4.78 is 6.31. The van der Waals surface area contributed by atoms with Gasteiger partial charge >= 0.3 is 0 Å². The molecule has 0 aliphatic heterocycles. The van der Waals surface area contributed by atoms with Gasteiger partial charge in [0, 0.05) is 13.2 Å². The van der Waals surface area contributed by atoms with Crippen molar-refractivity contribution in [3.63, 3.8) is 0 Å². The SMILES string of the molecule is C/C1=C\CC2C(C)CC[C@H](C(C)CCCC(C)C)[C@@H](C)CCC2[C@@H](C)CCC(OCCCCO)C1. The maximum Gasteiger partial charge on any atom is 0.0612 e. The Balaban J connectivity index is 2.08. The minimum absolute atomic E-state index is 0.279. The molecule has 0 aromatic carbocycles. The highest BCUT2D eigenvalue weighted by molar-refractivity contribution is 5.03. The highest BCUT2D eigenvalue weighted by atomic mass is 16.5. The van der Waals surface area contributed by atoms with Gasteiger partial charge in [0.05, 0.1) is 6.10 Å². The highest BCUT2D eigenvalue weighted by Crippen LogP contribution is 2.44. The monoisotopic (exact) mass is 490 g/mol. The van der Waals surface area contributed by atoms with E-state index >= 15 is 0 Å². The largest absolute Gasteiger partial charge is 0.396 e. The molecule has 8 atom stereocenters. The molecular weight excluding hydrogens is 428 g/mol. The number of aliphatic hydroxyl groups excluding tert-OH is 1. The molecule has 2 heteroatoms. The highest BCUT2D eigenvalue weighted by Gasteiger charge is 2.35. The zero-order chi connectivity index (χ0) is 25.8. The molecule has 0 saturated heterocycles. The van der Waals surface area contributed by atoms with Gasteiger partial charge in [0.2, 0.25) is 0 Å². The molecule has 0 heterocycles. The maximum absolute atomic E-state index is 9.08. The van der Waals surface area contributed by atoms with Crippen LogP contribution in [0.5, 0.6) is 0 Å². The van der Waals surface area contributed by atoms with Crippen LogP contribution in [0.2, 0.25) is 0 Å². The molecule has 0 aromatic heterocycles. The van der Waals surface area contributed by atoms with Crippen LogP contribution in [0.3, 0.4) is 0 Å². The average molecular weight is 491 g/mol. The van der Waals surface area contributed by atoms with Crippen LogP contribution in [-0.4, -0.2) is 24.4 Å². The molecule has 0 amide bonds. The van der Waals surface area contributed by atoms with Crippen molar-refractivity contribution in [1.29, 1.82) is 0 Å². The van der Waals surface area contributed by atoms with Crippen molar-refractivity contribution >= 4 is 0 Å². The second-order valence-electron chi connectivity index (χ2n) is 13.4. The standard InChI is InChI=1S/C33H62O2/c1-24(2)11-10-12-26(4)31-19-15-29(7)32-18-13-25(3)23-30(35-22-9-8-21-34)17-14-28(6)33(32)20-16-27(31)5/h13,24,26-34H,8-12,14-23H2,1-7H3/b25-13+/t26?,27-,28-,29?,30?,31+,32?,33?/m0/s1. The van der Waals surface area contributed by atoms with E-state index in [9.17, 15) is 0 Å². The summed E-state index contributed by atoms with van der Waals surface area (Å²) in [6, 6.07) is 0. The fraction of sp³-hybridized carbons (Fsp3) is 0.939. The molecule has 0 bridgehead atoms. The molecule has 2 nitrogen and oxygen atoms in total. The molecule has 1 fully saturated rings. The van der Waals surface area contributed by atoms with Crippen LogP contribution in [0.15, 0.2) is 11.6 Å². The van der Waals surface area contributed by atoms with Gasteiger partial charge in [-0.15, -0.1) is 0 Å². The van der Waals surface area contributed by atoms with E-state index in [1.54, 1.807) is 0 Å². The van der Waals surface area contributed by atoms with Gasteiger partial charge < -0.3 is 9.84 Å². The molecule has 0 aromatic rings. The lowest BCUT2D eigenvalue weighted by Crippen LogP contribution is -2.29. The van der Waals surface area contributed by atoms with Crippen molar-refractivity contribution in [2.45, 2.75) is 138 Å². The fourth-order valence-corrected chi connectivity index (χ4v) is 7.43. The molecule has 35 heavy (non-hydrogen) atoms. The van der Waals surface area contributed by atoms with Crippen LogP contribution in [0.25, 0.3) is 0 Å². The molecule has 5 unspecified atom stereocenters. The number of fused-ring (bicyclic) bond motifs is 1. The lowest BCUT2D eigenvalue weighted by molar-refractivity contribution is 0.0334. The van der Waals surface area contributed by atoms with Crippen molar-refractivity contribution in [3.05, 3.63) is 11.6 Å². The first-order valence-electron chi connectivity index (χ1n) is 15.6. The molecule has 2 aliphatic carbocycles. The van der Waals surface area contributed by atoms with Crippen molar-refractivity contribution in [3.8, 4) is 0 Å². The topological polar surface area (TPSA) is 29.5 Å². The third-order valence-corrected chi connectivity index (χ3v) is 9.96. The Kier molecular flexibility index (Phi) is 14.6. The fourth-order valence-electron chi connectivity index (χ4n) is 7.43. The summed E-state index contributed by atoms with van der Waals surface area (Å²) in [4.78, 5) is 0. The van der Waals surface area contributed by atoms with Gasteiger partial charge in [0.15, 0.2) is 0 Å². The van der Waals surface area contributed by atoms with Gasteiger partial charge in [-0.2, -0.15) is 0 Å². The first kappa shape index (κ1) is 30.9. The quantitative estimate of drug-likeness (QED) is 0.244. The number of hydrogen-bond donors (Lipinski definition) is 1. The third kappa shape index (κ3) is 10.9. The van der Waals surface area contributed by atoms with Gasteiger partial charge in [-0.25, -0.2) is 0 Å². The normalized spacial score (nSPS) is 35.8. The molecule has 0 radical (unpaired) electrons. The van der Waals surface area contributed by atoms with E-state index in [1.165, 1.54) is 69.8 Å². The van der Waals surface area contributed by atoms with E-state index in [4.69, 9.17) is 9.84 Å². The van der Waals surface area contributed by atoms with Crippen molar-refractivity contribution < 1.29 is 9.84 Å². The Morgan fingerprint density at radius 2 is 1.51 bits per heavy atom. The summed E-state index contributed by atoms with van der Waals surface area (Å²) in [5.74, 6) is 6.77. The predicted molar refractivity (Wildman–Crippen MR) is 153 cm³/mol. The van der Waals surface area contributed by atoms with Crippen LogP contribution >= 0.6 is 0 Å². The summed E-state index contributed by atoms with van der Waals surface area (Å²) in [5.41, 5.74) is 1.53. The molecule has 206 valence electrons. The summed E-state index contributed by atoms with van der Waals surface area (Å²) in [6.07, 6.45) is 19.5. The molecule has 2 aliphatic rings. The second-order valence-corrected chi connectivity index (χ2v) is 13.4. The Labute approximate surface area is 220 Å². The average Bonchev–Trinajstić information content (AvgIpc) is 2.86. The molecule has 0 spiro atoms. The maximum atomic E-state index is 9.08. The Bertz CT molecular complexity index is 582. The lowest BCUT2D eigenvalue weighted by atomic mass is 9.69. The van der Waals surface area contributed by atoms with Crippen LogP contribution < -0.4 is 0 Å². The Morgan fingerprint density at radius 1 is 0.829 bits per heavy atom. The minimum Gasteiger partial charge on any atom is -0.396 e. The zero-order valence-electron chi connectivity index (χ0n) is 24.7. The van der Waals surface area contributed by atoms with E-state index in [0.717, 1.165) is 73.2 Å². The van der Waals surface area contributed by atoms with Gasteiger partial charge in [-0.1, -0.05) is 85.3 Å². The van der Waals surface area contributed by atoms with Gasteiger partial charge in [0.25, 0.3) is 0 Å². The number of allylic oxidation sites excluding steroid dienone is 1. The van der Waals surface area contributed by atoms with Gasteiger partial charge in [-0.3, -0.25) is 0 Å². The predicted octanol–water partition coefficient (Wildman–Crippen LogP) is 9.46. The van der Waals surface area contributed by atoms with E-state index in [-0.39, 0.29) is 6.61 Å². The van der Waals surface area contributed by atoms with Crippen LogP contribution in [0.1, 0.15) is 132 Å². The second kappa shape index (κ2) is 16.5. The Hall–Kier alpha value is -0.340. The van der Waals surface area contributed by atoms with Gasteiger partial charge in [0.1, 0.15) is 0 Å². The van der Waals surface area contributed by atoms with Crippen molar-refractivity contribution in [1.82, 2.24) is 0 Å². The van der Waals surface area contributed by atoms with Crippen LogP contribution in [0, 0.1) is 47.3 Å². The van der Waals surface area contributed by atoms with E-state index in [0.29, 0.717) is 6.10 Å². The smallest absolute Gasteiger partial charge is 0.0612 e. The molecule has 1 saturated carbocycles. The summed E-state index contributed by atoms with van der Waals surface area (Å²) in [5, 5.41) is 9.08. The number of ether oxygens (including phenoxy) is 1. The Morgan fingerprint density at radius 3 is 2.23 bits per heavy atom. The van der Waals surface area contributed by atoms with E-state index in [2.05, 4.69) is 54.5 Å². The van der Waals surface area contributed by atoms with Gasteiger partial charge in [-0.05, 0) is 106 Å². The number of aliphatic hydroxyl groups is 1. The molecule has 2 rings (SSSR count). The van der Waals surface area contributed by atoms with E-state index < -0.39 is 0 Å². The molecule has 1 N–H and O–H groups in total. The van der Waals surface area contributed by atoms with Crippen LogP contribution in [0.4, 0.5) is 0 Å². The van der Waals surface area contributed by atoms with Crippen molar-refractivity contribution in [2.24, 2.45) is 47.3 Å². The first-order valence-corrected chi connectivity index (χ1v) is 15.6. The third-order valence-electron chi connectivity index (χ3n) is 9.96. The minimum atomic E-state index is 0.279. The first-order chi connectivity index (χ1) is 16.7. The van der Waals surface area contributed by atoms with E-state index in [1.807, 2.05) is 0 Å². The number of rotatable bonds is 10. The zero-order valence-corrected chi connectivity index (χ0v) is 24.7. The lowest BCUT2D eigenvalue weighted by Gasteiger charge is -2.37. The number of unbranched alkanes of at least 4 members (excludes halogenated alkanes) is 1. The summed E-state index contributed by atoms with van der Waals surface area (Å²) in [6.45, 7) is 18.4. The summed E-state index contributed by atoms with van der Waals surface area (Å²) >= 11 is 0. The molecular formula is C33H62O2. The number of hydrogen-bond acceptors (Lipinski definition) is 2.